The highest BCUT2D eigenvalue weighted by Crippen LogP contribution is 2.36. The van der Waals surface area contributed by atoms with E-state index >= 15 is 0 Å². The second-order valence-corrected chi connectivity index (χ2v) is 9.22. The number of sulfone groups is 1. The lowest BCUT2D eigenvalue weighted by Gasteiger charge is -2.41. The Hall–Kier alpha value is -0.130. The molecule has 0 bridgehead atoms. The molecule has 1 fully saturated rings. The minimum atomic E-state index is -2.86. The molecule has 1 saturated carbocycles. The molecule has 4 nitrogen and oxygen atoms in total. The van der Waals surface area contributed by atoms with Crippen LogP contribution in [0.4, 0.5) is 0 Å². The predicted octanol–water partition coefficient (Wildman–Crippen LogP) is 1.91. The standard InChI is InChI=1S/C15H32N2O2S/c1-14(2)16-12-15(8-6-5-7-9-15)13-17(3)10-11-20(4,18)19/h14,16H,5-13H2,1-4H3. The van der Waals surface area contributed by atoms with Crippen LogP contribution in [0.25, 0.3) is 0 Å². The van der Waals surface area contributed by atoms with Gasteiger partial charge in [0.1, 0.15) is 9.84 Å². The smallest absolute Gasteiger partial charge is 0.148 e. The second-order valence-electron chi connectivity index (χ2n) is 6.96. The highest BCUT2D eigenvalue weighted by molar-refractivity contribution is 7.90. The molecule has 1 N–H and O–H groups in total. The van der Waals surface area contributed by atoms with Crippen LogP contribution in [-0.4, -0.2) is 58.1 Å². The fourth-order valence-electron chi connectivity index (χ4n) is 3.09. The third-order valence-electron chi connectivity index (χ3n) is 4.25. The molecule has 0 unspecified atom stereocenters. The van der Waals surface area contributed by atoms with Gasteiger partial charge in [-0.05, 0) is 25.3 Å². The Morgan fingerprint density at radius 2 is 1.80 bits per heavy atom. The molecule has 0 heterocycles. The first kappa shape index (κ1) is 17.9. The van der Waals surface area contributed by atoms with Crippen LogP contribution in [0.1, 0.15) is 46.0 Å². The SMILES string of the molecule is CC(C)NCC1(CN(C)CCS(C)(=O)=O)CCCCC1. The van der Waals surface area contributed by atoms with Crippen LogP contribution >= 0.6 is 0 Å². The van der Waals surface area contributed by atoms with Crippen LogP contribution in [-0.2, 0) is 9.84 Å². The fraction of sp³-hybridized carbons (Fsp3) is 1.00. The maximum Gasteiger partial charge on any atom is 0.148 e. The average Bonchev–Trinajstić information content (AvgIpc) is 2.34. The molecule has 0 radical (unpaired) electrons. The summed E-state index contributed by atoms with van der Waals surface area (Å²) in [6.45, 7) is 7.06. The molecule has 0 atom stereocenters. The molecule has 1 aliphatic carbocycles. The normalized spacial score (nSPS) is 19.7. The van der Waals surface area contributed by atoms with E-state index in [4.69, 9.17) is 0 Å². The lowest BCUT2D eigenvalue weighted by molar-refractivity contribution is 0.118. The number of hydrogen-bond donors (Lipinski definition) is 1. The van der Waals surface area contributed by atoms with Gasteiger partial charge in [0, 0.05) is 31.9 Å². The molecule has 0 aromatic rings. The Morgan fingerprint density at radius 1 is 1.20 bits per heavy atom. The van der Waals surface area contributed by atoms with E-state index in [1.807, 2.05) is 0 Å². The van der Waals surface area contributed by atoms with Gasteiger partial charge < -0.3 is 10.2 Å². The Bertz CT molecular complexity index is 373. The molecule has 0 aromatic heterocycles. The van der Waals surface area contributed by atoms with Gasteiger partial charge in [-0.3, -0.25) is 0 Å². The van der Waals surface area contributed by atoms with Gasteiger partial charge in [-0.1, -0.05) is 33.1 Å². The van der Waals surface area contributed by atoms with Gasteiger partial charge in [0.25, 0.3) is 0 Å². The molecule has 0 amide bonds. The summed E-state index contributed by atoms with van der Waals surface area (Å²) in [5.74, 6) is 0.261. The fourth-order valence-corrected chi connectivity index (χ4v) is 3.73. The minimum Gasteiger partial charge on any atom is -0.314 e. The van der Waals surface area contributed by atoms with Crippen molar-refractivity contribution in [1.29, 1.82) is 0 Å². The van der Waals surface area contributed by atoms with E-state index in [9.17, 15) is 8.42 Å². The van der Waals surface area contributed by atoms with E-state index in [1.165, 1.54) is 38.4 Å². The zero-order chi connectivity index (χ0) is 15.2. The van der Waals surface area contributed by atoms with Gasteiger partial charge in [0.15, 0.2) is 0 Å². The lowest BCUT2D eigenvalue weighted by Crippen LogP contribution is -2.46. The molecule has 20 heavy (non-hydrogen) atoms. The Balaban J connectivity index is 2.55. The molecule has 5 heteroatoms. The van der Waals surface area contributed by atoms with Crippen molar-refractivity contribution in [3.8, 4) is 0 Å². The zero-order valence-electron chi connectivity index (χ0n) is 13.6. The third kappa shape index (κ3) is 7.04. The number of nitrogens with one attached hydrogen (secondary N) is 1. The first-order chi connectivity index (χ1) is 9.22. The van der Waals surface area contributed by atoms with Crippen LogP contribution in [0.15, 0.2) is 0 Å². The Morgan fingerprint density at radius 3 is 2.30 bits per heavy atom. The molecule has 120 valence electrons. The van der Waals surface area contributed by atoms with Gasteiger partial charge in [-0.15, -0.1) is 0 Å². The summed E-state index contributed by atoms with van der Waals surface area (Å²) in [4.78, 5) is 2.20. The maximum absolute atomic E-state index is 11.3. The van der Waals surface area contributed by atoms with E-state index in [-0.39, 0.29) is 5.75 Å². The monoisotopic (exact) mass is 304 g/mol. The number of hydrogen-bond acceptors (Lipinski definition) is 4. The molecule has 0 saturated heterocycles. The lowest BCUT2D eigenvalue weighted by atomic mass is 9.73. The van der Waals surface area contributed by atoms with Crippen molar-refractivity contribution in [3.63, 3.8) is 0 Å². The first-order valence-corrected chi connectivity index (χ1v) is 9.88. The molecule has 0 spiro atoms. The zero-order valence-corrected chi connectivity index (χ0v) is 14.4. The van der Waals surface area contributed by atoms with Crippen molar-refractivity contribution in [2.24, 2.45) is 5.41 Å². The van der Waals surface area contributed by atoms with Gasteiger partial charge >= 0.3 is 0 Å². The van der Waals surface area contributed by atoms with Gasteiger partial charge in [0.2, 0.25) is 0 Å². The highest BCUT2D eigenvalue weighted by Gasteiger charge is 2.33. The summed E-state index contributed by atoms with van der Waals surface area (Å²) in [6.07, 6.45) is 7.79. The summed E-state index contributed by atoms with van der Waals surface area (Å²) in [6, 6.07) is 0.509. The summed E-state index contributed by atoms with van der Waals surface area (Å²) in [5, 5.41) is 3.59. The summed E-state index contributed by atoms with van der Waals surface area (Å²) in [7, 11) is -0.810. The van der Waals surface area contributed by atoms with E-state index in [0.29, 0.717) is 18.0 Å². The molecule has 0 aliphatic heterocycles. The van der Waals surface area contributed by atoms with Gasteiger partial charge in [-0.2, -0.15) is 0 Å². The van der Waals surface area contributed by atoms with Crippen LogP contribution < -0.4 is 5.32 Å². The van der Waals surface area contributed by atoms with Gasteiger partial charge in [0.05, 0.1) is 5.75 Å². The van der Waals surface area contributed by atoms with Crippen molar-refractivity contribution in [2.75, 3.05) is 38.7 Å². The van der Waals surface area contributed by atoms with Crippen molar-refractivity contribution in [3.05, 3.63) is 0 Å². The minimum absolute atomic E-state index is 0.261. The molecule has 1 aliphatic rings. The Kier molecular flexibility index (Phi) is 6.95. The van der Waals surface area contributed by atoms with E-state index in [2.05, 4.69) is 31.1 Å². The third-order valence-corrected chi connectivity index (χ3v) is 5.17. The molecular formula is C15H32N2O2S. The molecule has 0 aromatic carbocycles. The summed E-state index contributed by atoms with van der Waals surface area (Å²) >= 11 is 0. The van der Waals surface area contributed by atoms with Crippen LogP contribution in [0.2, 0.25) is 0 Å². The summed E-state index contributed by atoms with van der Waals surface area (Å²) < 4.78 is 22.6. The Labute approximate surface area is 125 Å². The van der Waals surface area contributed by atoms with Crippen molar-refractivity contribution in [2.45, 2.75) is 52.0 Å². The second kappa shape index (κ2) is 7.76. The highest BCUT2D eigenvalue weighted by atomic mass is 32.2. The van der Waals surface area contributed by atoms with Gasteiger partial charge in [-0.25, -0.2) is 8.42 Å². The van der Waals surface area contributed by atoms with Crippen LogP contribution in [0.5, 0.6) is 0 Å². The summed E-state index contributed by atoms with van der Waals surface area (Å²) in [5.41, 5.74) is 0.328. The van der Waals surface area contributed by atoms with E-state index in [0.717, 1.165) is 13.1 Å². The van der Waals surface area contributed by atoms with Crippen LogP contribution in [0, 0.1) is 5.41 Å². The number of nitrogens with zero attached hydrogens (tertiary/aromatic N) is 1. The largest absolute Gasteiger partial charge is 0.314 e. The predicted molar refractivity (Wildman–Crippen MR) is 85.9 cm³/mol. The van der Waals surface area contributed by atoms with Crippen molar-refractivity contribution in [1.82, 2.24) is 10.2 Å². The van der Waals surface area contributed by atoms with Crippen molar-refractivity contribution >= 4 is 9.84 Å². The topological polar surface area (TPSA) is 49.4 Å². The molecular weight excluding hydrogens is 272 g/mol. The quantitative estimate of drug-likeness (QED) is 0.744. The van der Waals surface area contributed by atoms with Crippen LogP contribution in [0.3, 0.4) is 0 Å². The number of rotatable bonds is 8. The van der Waals surface area contributed by atoms with Crippen molar-refractivity contribution < 1.29 is 8.42 Å². The molecule has 1 rings (SSSR count). The first-order valence-electron chi connectivity index (χ1n) is 7.82. The average molecular weight is 305 g/mol. The van der Waals surface area contributed by atoms with E-state index in [1.54, 1.807) is 0 Å². The van der Waals surface area contributed by atoms with E-state index < -0.39 is 9.84 Å². The maximum atomic E-state index is 11.3.